The van der Waals surface area contributed by atoms with Crippen LogP contribution in [0.25, 0.3) is 0 Å². The summed E-state index contributed by atoms with van der Waals surface area (Å²) in [7, 11) is 0. The Morgan fingerprint density at radius 2 is 2.18 bits per heavy atom. The van der Waals surface area contributed by atoms with E-state index in [9.17, 15) is 8.78 Å². The van der Waals surface area contributed by atoms with Crippen LogP contribution in [0.5, 0.6) is 0 Å². The molecule has 1 saturated heterocycles. The molecule has 1 fully saturated rings. The largest absolute Gasteiger partial charge is 0.367 e. The number of aryl methyl sites for hydroxylation is 1. The number of nitrogens with one attached hydrogen (secondary N) is 2. The summed E-state index contributed by atoms with van der Waals surface area (Å²) in [4.78, 5) is 6.56. The van der Waals surface area contributed by atoms with Crippen molar-refractivity contribution in [2.24, 2.45) is 4.99 Å². The second-order valence-electron chi connectivity index (χ2n) is 6.73. The summed E-state index contributed by atoms with van der Waals surface area (Å²) in [5.41, 5.74) is 0.437. The van der Waals surface area contributed by atoms with Crippen LogP contribution in [-0.2, 0) is 13.0 Å². The maximum Gasteiger partial charge on any atom is 0.191 e. The Kier molecular flexibility index (Phi) is 6.78. The van der Waals surface area contributed by atoms with Gasteiger partial charge in [-0.25, -0.2) is 8.78 Å². The molecular weight excluding hydrogens is 364 g/mol. The Morgan fingerprint density at radius 1 is 1.32 bits per heavy atom. The highest BCUT2D eigenvalue weighted by Crippen LogP contribution is 2.24. The van der Waals surface area contributed by atoms with Gasteiger partial charge in [-0.2, -0.15) is 0 Å². The molecule has 152 valence electrons. The molecule has 2 aromatic rings. The van der Waals surface area contributed by atoms with Crippen molar-refractivity contribution in [3.63, 3.8) is 0 Å². The lowest BCUT2D eigenvalue weighted by atomic mass is 10.2. The van der Waals surface area contributed by atoms with Crippen LogP contribution in [0.1, 0.15) is 26.1 Å². The van der Waals surface area contributed by atoms with Crippen LogP contribution < -0.4 is 15.5 Å². The monoisotopic (exact) mass is 391 g/mol. The van der Waals surface area contributed by atoms with Crippen molar-refractivity contribution in [2.75, 3.05) is 31.1 Å². The number of aliphatic imine (C=N–C) groups is 1. The molecule has 1 unspecified atom stereocenters. The number of anilines is 1. The predicted octanol–water partition coefficient (Wildman–Crippen LogP) is 1.95. The van der Waals surface area contributed by atoms with Gasteiger partial charge in [-0.15, -0.1) is 10.2 Å². The molecule has 1 aliphatic rings. The molecule has 2 N–H and O–H groups in total. The molecular formula is C19H27F2N7. The Morgan fingerprint density at radius 3 is 2.93 bits per heavy atom. The van der Waals surface area contributed by atoms with Crippen LogP contribution >= 0.6 is 0 Å². The van der Waals surface area contributed by atoms with Gasteiger partial charge < -0.3 is 20.1 Å². The van der Waals surface area contributed by atoms with Crippen LogP contribution in [0.2, 0.25) is 0 Å². The number of hydrogen-bond donors (Lipinski definition) is 2. The quantitative estimate of drug-likeness (QED) is 0.558. The molecule has 9 heteroatoms. The molecule has 0 radical (unpaired) electrons. The molecule has 28 heavy (non-hydrogen) atoms. The van der Waals surface area contributed by atoms with E-state index >= 15 is 0 Å². The van der Waals surface area contributed by atoms with Gasteiger partial charge in [-0.3, -0.25) is 4.99 Å². The Labute approximate surface area is 163 Å². The fraction of sp³-hybridized carbons (Fsp3) is 0.526. The normalized spacial score (nSPS) is 17.2. The summed E-state index contributed by atoms with van der Waals surface area (Å²) >= 11 is 0. The Hall–Kier alpha value is -2.71. The second-order valence-corrected chi connectivity index (χ2v) is 6.73. The van der Waals surface area contributed by atoms with Crippen LogP contribution in [0, 0.1) is 11.6 Å². The fourth-order valence-corrected chi connectivity index (χ4v) is 3.36. The van der Waals surface area contributed by atoms with Gasteiger partial charge in [0.05, 0.1) is 12.2 Å². The van der Waals surface area contributed by atoms with E-state index in [1.165, 1.54) is 12.1 Å². The van der Waals surface area contributed by atoms with Crippen molar-refractivity contribution in [2.45, 2.75) is 39.3 Å². The van der Waals surface area contributed by atoms with Crippen molar-refractivity contribution >= 4 is 11.6 Å². The minimum absolute atomic E-state index is 0.142. The lowest BCUT2D eigenvalue weighted by Crippen LogP contribution is -2.44. The summed E-state index contributed by atoms with van der Waals surface area (Å²) in [5.74, 6) is 0.596. The summed E-state index contributed by atoms with van der Waals surface area (Å²) in [6.45, 7) is 7.47. The van der Waals surface area contributed by atoms with Crippen molar-refractivity contribution < 1.29 is 8.78 Å². The van der Waals surface area contributed by atoms with E-state index in [2.05, 4.69) is 25.8 Å². The van der Waals surface area contributed by atoms with Crippen LogP contribution in [0.15, 0.2) is 29.5 Å². The third-order valence-corrected chi connectivity index (χ3v) is 4.75. The molecule has 3 rings (SSSR count). The first-order valence-corrected chi connectivity index (χ1v) is 9.72. The van der Waals surface area contributed by atoms with Gasteiger partial charge in [0.2, 0.25) is 0 Å². The maximum absolute atomic E-state index is 14.0. The molecule has 0 amide bonds. The van der Waals surface area contributed by atoms with E-state index in [4.69, 9.17) is 0 Å². The summed E-state index contributed by atoms with van der Waals surface area (Å²) < 4.78 is 29.2. The number of guanidine groups is 1. The third-order valence-electron chi connectivity index (χ3n) is 4.75. The van der Waals surface area contributed by atoms with E-state index in [0.29, 0.717) is 31.9 Å². The minimum atomic E-state index is -0.559. The maximum atomic E-state index is 14.0. The second kappa shape index (κ2) is 9.48. The van der Waals surface area contributed by atoms with Gasteiger partial charge in [0.15, 0.2) is 5.96 Å². The topological polar surface area (TPSA) is 70.4 Å². The zero-order chi connectivity index (χ0) is 19.9. The number of aromatic nitrogens is 3. The van der Waals surface area contributed by atoms with Gasteiger partial charge in [-0.1, -0.05) is 6.92 Å². The van der Waals surface area contributed by atoms with Crippen molar-refractivity contribution in [1.29, 1.82) is 0 Å². The smallest absolute Gasteiger partial charge is 0.191 e. The first kappa shape index (κ1) is 20.0. The SMILES string of the molecule is CCNC(=NCCn1cnnc1CC)NC1CCN(c2ccc(F)cc2F)C1. The van der Waals surface area contributed by atoms with Crippen molar-refractivity contribution in [3.8, 4) is 0 Å². The average molecular weight is 391 g/mol. The molecule has 0 aliphatic carbocycles. The van der Waals surface area contributed by atoms with Gasteiger partial charge in [0, 0.05) is 44.7 Å². The summed E-state index contributed by atoms with van der Waals surface area (Å²) in [6.07, 6.45) is 3.41. The number of nitrogens with zero attached hydrogens (tertiary/aromatic N) is 5. The molecule has 1 aromatic carbocycles. The van der Waals surface area contributed by atoms with Crippen LogP contribution in [0.3, 0.4) is 0 Å². The van der Waals surface area contributed by atoms with Crippen molar-refractivity contribution in [1.82, 2.24) is 25.4 Å². The highest BCUT2D eigenvalue weighted by molar-refractivity contribution is 5.80. The van der Waals surface area contributed by atoms with E-state index in [1.54, 1.807) is 6.33 Å². The first-order valence-electron chi connectivity index (χ1n) is 9.72. The van der Waals surface area contributed by atoms with E-state index in [1.807, 2.05) is 23.3 Å². The average Bonchev–Trinajstić information content (AvgIpc) is 3.31. The molecule has 1 aromatic heterocycles. The number of halogens is 2. The zero-order valence-electron chi connectivity index (χ0n) is 16.3. The lowest BCUT2D eigenvalue weighted by molar-refractivity contribution is 0.580. The number of rotatable bonds is 7. The fourth-order valence-electron chi connectivity index (χ4n) is 3.36. The van der Waals surface area contributed by atoms with Gasteiger partial charge >= 0.3 is 0 Å². The first-order chi connectivity index (χ1) is 13.6. The summed E-state index contributed by atoms with van der Waals surface area (Å²) in [5, 5.41) is 14.7. The third kappa shape index (κ3) is 4.96. The standard InChI is InChI=1S/C19H27F2N7/c1-3-18-26-24-13-28(18)10-8-23-19(22-4-2)25-15-7-9-27(12-15)17-6-5-14(20)11-16(17)21/h5-6,11,13,15H,3-4,7-10,12H2,1-2H3,(H2,22,23,25). The number of benzene rings is 1. The molecule has 0 saturated carbocycles. The van der Waals surface area contributed by atoms with Crippen LogP contribution in [0.4, 0.5) is 14.5 Å². The number of hydrogen-bond acceptors (Lipinski definition) is 4. The molecule has 7 nitrogen and oxygen atoms in total. The molecule has 0 spiro atoms. The van der Waals surface area contributed by atoms with Gasteiger partial charge in [0.25, 0.3) is 0 Å². The van der Waals surface area contributed by atoms with Gasteiger partial charge in [-0.05, 0) is 25.5 Å². The van der Waals surface area contributed by atoms with E-state index in [-0.39, 0.29) is 6.04 Å². The highest BCUT2D eigenvalue weighted by Gasteiger charge is 2.25. The molecule has 2 heterocycles. The highest BCUT2D eigenvalue weighted by atomic mass is 19.1. The Bertz CT molecular complexity index is 805. The predicted molar refractivity (Wildman–Crippen MR) is 105 cm³/mol. The molecule has 0 bridgehead atoms. The molecule has 1 aliphatic heterocycles. The Balaban J connectivity index is 1.56. The van der Waals surface area contributed by atoms with E-state index < -0.39 is 11.6 Å². The molecule has 1 atom stereocenters. The minimum Gasteiger partial charge on any atom is -0.367 e. The van der Waals surface area contributed by atoms with Crippen molar-refractivity contribution in [3.05, 3.63) is 42.0 Å². The van der Waals surface area contributed by atoms with Gasteiger partial charge in [0.1, 0.15) is 23.8 Å². The lowest BCUT2D eigenvalue weighted by Gasteiger charge is -2.21. The zero-order valence-corrected chi connectivity index (χ0v) is 16.3. The summed E-state index contributed by atoms with van der Waals surface area (Å²) in [6, 6.07) is 3.86. The van der Waals surface area contributed by atoms with Crippen LogP contribution in [-0.4, -0.2) is 52.9 Å². The van der Waals surface area contributed by atoms with E-state index in [0.717, 1.165) is 37.2 Å².